The molecule has 1 aliphatic heterocycles. The van der Waals surface area contributed by atoms with E-state index in [4.69, 9.17) is 0 Å². The number of benzene rings is 2. The zero-order chi connectivity index (χ0) is 16.4. The highest BCUT2D eigenvalue weighted by atomic mass is 19.1. The molecule has 6 heteroatoms. The third-order valence-corrected chi connectivity index (χ3v) is 4.00. The second-order valence-electron chi connectivity index (χ2n) is 5.46. The number of amides is 1. The summed E-state index contributed by atoms with van der Waals surface area (Å²) < 4.78 is 14.1. The van der Waals surface area contributed by atoms with Crippen molar-refractivity contribution >= 4 is 17.3 Å². The number of hydrogen-bond acceptors (Lipinski definition) is 3. The first-order valence-electron chi connectivity index (χ1n) is 7.38. The van der Waals surface area contributed by atoms with Gasteiger partial charge in [0.15, 0.2) is 0 Å². The Morgan fingerprint density at radius 1 is 1.22 bits per heavy atom. The van der Waals surface area contributed by atoms with Gasteiger partial charge in [-0.1, -0.05) is 30.3 Å². The van der Waals surface area contributed by atoms with E-state index in [1.165, 1.54) is 17.0 Å². The van der Waals surface area contributed by atoms with Crippen LogP contribution in [0, 0.1) is 15.9 Å². The standard InChI is InChI=1S/C17H15FN2O3/c18-14-8-3-6-12-7-4-10-19(17(12)14)16(21)11-13-5-1-2-9-15(13)20(22)23/h1-3,5-6,8-9H,4,7,10-11H2. The van der Waals surface area contributed by atoms with Crippen LogP contribution in [0.1, 0.15) is 17.5 Å². The number of carbonyl (C=O) groups excluding carboxylic acids is 1. The van der Waals surface area contributed by atoms with Gasteiger partial charge < -0.3 is 4.90 Å². The van der Waals surface area contributed by atoms with Crippen molar-refractivity contribution in [1.82, 2.24) is 0 Å². The monoisotopic (exact) mass is 314 g/mol. The van der Waals surface area contributed by atoms with Crippen LogP contribution in [0.15, 0.2) is 42.5 Å². The van der Waals surface area contributed by atoms with Gasteiger partial charge in [-0.25, -0.2) is 4.39 Å². The molecule has 0 spiro atoms. The summed E-state index contributed by atoms with van der Waals surface area (Å²) >= 11 is 0. The van der Waals surface area contributed by atoms with E-state index in [1.54, 1.807) is 24.3 Å². The lowest BCUT2D eigenvalue weighted by atomic mass is 10.00. The Labute approximate surface area is 132 Å². The third-order valence-electron chi connectivity index (χ3n) is 4.00. The van der Waals surface area contributed by atoms with Gasteiger partial charge in [0.1, 0.15) is 5.82 Å². The summed E-state index contributed by atoms with van der Waals surface area (Å²) in [5.41, 5.74) is 1.35. The molecular weight excluding hydrogens is 299 g/mol. The molecule has 0 N–H and O–H groups in total. The number of aryl methyl sites for hydroxylation is 1. The maximum atomic E-state index is 14.1. The molecule has 0 bridgehead atoms. The van der Waals surface area contributed by atoms with Crippen LogP contribution < -0.4 is 4.90 Å². The average molecular weight is 314 g/mol. The summed E-state index contributed by atoms with van der Waals surface area (Å²) in [6.45, 7) is 0.424. The van der Waals surface area contributed by atoms with Crippen LogP contribution in [-0.4, -0.2) is 17.4 Å². The Bertz CT molecular complexity index is 776. The fourth-order valence-corrected chi connectivity index (χ4v) is 2.95. The quantitative estimate of drug-likeness (QED) is 0.645. The van der Waals surface area contributed by atoms with E-state index in [2.05, 4.69) is 0 Å². The van der Waals surface area contributed by atoms with Crippen LogP contribution in [0.3, 0.4) is 0 Å². The maximum Gasteiger partial charge on any atom is 0.273 e. The van der Waals surface area contributed by atoms with Gasteiger partial charge in [-0.2, -0.15) is 0 Å². The number of nitro benzene ring substituents is 1. The Balaban J connectivity index is 1.91. The Morgan fingerprint density at radius 3 is 2.78 bits per heavy atom. The van der Waals surface area contributed by atoms with Crippen molar-refractivity contribution in [2.45, 2.75) is 19.3 Å². The van der Waals surface area contributed by atoms with E-state index in [-0.39, 0.29) is 18.0 Å². The van der Waals surface area contributed by atoms with Gasteiger partial charge >= 0.3 is 0 Å². The van der Waals surface area contributed by atoms with Crippen LogP contribution in [0.2, 0.25) is 0 Å². The number of hydrogen-bond donors (Lipinski definition) is 0. The molecule has 5 nitrogen and oxygen atoms in total. The molecule has 23 heavy (non-hydrogen) atoms. The molecule has 0 unspecified atom stereocenters. The van der Waals surface area contributed by atoms with Crippen molar-refractivity contribution in [1.29, 1.82) is 0 Å². The highest BCUT2D eigenvalue weighted by molar-refractivity contribution is 5.96. The first kappa shape index (κ1) is 15.1. The molecule has 1 amide bonds. The van der Waals surface area contributed by atoms with Gasteiger partial charge in [-0.3, -0.25) is 14.9 Å². The van der Waals surface area contributed by atoms with Gasteiger partial charge in [0, 0.05) is 18.2 Å². The van der Waals surface area contributed by atoms with Crippen molar-refractivity contribution in [3.05, 3.63) is 69.5 Å². The largest absolute Gasteiger partial charge is 0.309 e. The summed E-state index contributed by atoms with van der Waals surface area (Å²) in [6.07, 6.45) is 1.35. The lowest BCUT2D eigenvalue weighted by Crippen LogP contribution is -2.37. The minimum absolute atomic E-state index is 0.0911. The van der Waals surface area contributed by atoms with Gasteiger partial charge in [0.05, 0.1) is 17.0 Å². The van der Waals surface area contributed by atoms with Crippen molar-refractivity contribution in [2.75, 3.05) is 11.4 Å². The lowest BCUT2D eigenvalue weighted by molar-refractivity contribution is -0.385. The summed E-state index contributed by atoms with van der Waals surface area (Å²) in [5.74, 6) is -0.761. The number of carbonyl (C=O) groups is 1. The first-order valence-corrected chi connectivity index (χ1v) is 7.38. The average Bonchev–Trinajstić information content (AvgIpc) is 2.55. The van der Waals surface area contributed by atoms with E-state index in [0.717, 1.165) is 18.4 Å². The molecule has 1 aliphatic rings. The van der Waals surface area contributed by atoms with E-state index < -0.39 is 10.7 Å². The Morgan fingerprint density at radius 2 is 2.00 bits per heavy atom. The molecule has 118 valence electrons. The van der Waals surface area contributed by atoms with E-state index in [9.17, 15) is 19.3 Å². The van der Waals surface area contributed by atoms with Gasteiger partial charge in [0.2, 0.25) is 5.91 Å². The number of nitro groups is 1. The molecule has 0 saturated carbocycles. The number of fused-ring (bicyclic) bond motifs is 1. The minimum Gasteiger partial charge on any atom is -0.309 e. The predicted molar refractivity (Wildman–Crippen MR) is 83.9 cm³/mol. The van der Waals surface area contributed by atoms with Gasteiger partial charge in [-0.15, -0.1) is 0 Å². The third kappa shape index (κ3) is 2.92. The van der Waals surface area contributed by atoms with Gasteiger partial charge in [-0.05, 0) is 24.5 Å². The number of para-hydroxylation sites is 2. The van der Waals surface area contributed by atoms with Crippen molar-refractivity contribution < 1.29 is 14.1 Å². The zero-order valence-corrected chi connectivity index (χ0v) is 12.4. The number of nitrogens with zero attached hydrogens (tertiary/aromatic N) is 2. The molecule has 0 saturated heterocycles. The first-order chi connectivity index (χ1) is 11.1. The number of anilines is 1. The molecule has 0 radical (unpaired) electrons. The predicted octanol–water partition coefficient (Wildman–Crippen LogP) is 3.26. The second-order valence-corrected chi connectivity index (χ2v) is 5.46. The van der Waals surface area contributed by atoms with Crippen LogP contribution in [0.5, 0.6) is 0 Å². The van der Waals surface area contributed by atoms with Gasteiger partial charge in [0.25, 0.3) is 5.69 Å². The van der Waals surface area contributed by atoms with Crippen molar-refractivity contribution in [3.8, 4) is 0 Å². The van der Waals surface area contributed by atoms with E-state index in [1.807, 2.05) is 6.07 Å². The maximum absolute atomic E-state index is 14.1. The Hall–Kier alpha value is -2.76. The van der Waals surface area contributed by atoms with E-state index >= 15 is 0 Å². The van der Waals surface area contributed by atoms with E-state index in [0.29, 0.717) is 17.8 Å². The fourth-order valence-electron chi connectivity index (χ4n) is 2.95. The van der Waals surface area contributed by atoms with Crippen LogP contribution in [0.25, 0.3) is 0 Å². The molecule has 2 aromatic rings. The van der Waals surface area contributed by atoms with Crippen molar-refractivity contribution in [3.63, 3.8) is 0 Å². The summed E-state index contributed by atoms with van der Waals surface area (Å²) in [7, 11) is 0. The highest BCUT2D eigenvalue weighted by Crippen LogP contribution is 2.31. The molecule has 0 aromatic heterocycles. The van der Waals surface area contributed by atoms with Crippen molar-refractivity contribution in [2.24, 2.45) is 0 Å². The molecule has 0 aliphatic carbocycles. The summed E-state index contributed by atoms with van der Waals surface area (Å²) in [6, 6.07) is 10.9. The summed E-state index contributed by atoms with van der Waals surface area (Å²) in [5, 5.41) is 11.1. The number of halogens is 1. The molecule has 1 heterocycles. The minimum atomic E-state index is -0.507. The second kappa shape index (κ2) is 6.16. The van der Waals surface area contributed by atoms with Crippen LogP contribution >= 0.6 is 0 Å². The smallest absolute Gasteiger partial charge is 0.273 e. The number of rotatable bonds is 3. The molecule has 3 rings (SSSR count). The topological polar surface area (TPSA) is 63.4 Å². The normalized spacial score (nSPS) is 13.5. The molecular formula is C17H15FN2O3. The highest BCUT2D eigenvalue weighted by Gasteiger charge is 2.27. The molecule has 2 aromatic carbocycles. The fraction of sp³-hybridized carbons (Fsp3) is 0.235. The summed E-state index contributed by atoms with van der Waals surface area (Å²) in [4.78, 5) is 24.5. The zero-order valence-electron chi connectivity index (χ0n) is 12.4. The lowest BCUT2D eigenvalue weighted by Gasteiger charge is -2.29. The van der Waals surface area contributed by atoms with Crippen LogP contribution in [-0.2, 0) is 17.6 Å². The molecule has 0 atom stereocenters. The Kier molecular flexibility index (Phi) is 4.06. The molecule has 0 fully saturated rings. The van der Waals surface area contributed by atoms with Crippen LogP contribution in [0.4, 0.5) is 15.8 Å². The SMILES string of the molecule is O=C(Cc1ccccc1[N+](=O)[O-])N1CCCc2cccc(F)c21.